The minimum Gasteiger partial charge on any atom is -0.315 e. The molecule has 2 aromatic carbocycles. The van der Waals surface area contributed by atoms with E-state index < -0.39 is 13.0 Å². The Hall–Kier alpha value is -3.12. The summed E-state index contributed by atoms with van der Waals surface area (Å²) in [5.41, 5.74) is 5.28. The van der Waals surface area contributed by atoms with Crippen LogP contribution in [-0.2, 0) is 35.6 Å². The molecule has 2 amide bonds. The Morgan fingerprint density at radius 1 is 1.05 bits per heavy atom. The SMILES string of the molecule is CCNCCN(C(=O)CNCC(=O)N(C)N1Cc2ccccc2C1)c1cc2nn(CC(F)F)c(CC)c2cc1C.Cl. The van der Waals surface area contributed by atoms with Crippen LogP contribution in [0.4, 0.5) is 14.5 Å². The van der Waals surface area contributed by atoms with E-state index in [1.165, 1.54) is 15.8 Å². The van der Waals surface area contributed by atoms with Crippen LogP contribution in [0.5, 0.6) is 0 Å². The number of nitrogens with zero attached hydrogens (tertiary/aromatic N) is 5. The maximum Gasteiger partial charge on any atom is 0.257 e. The van der Waals surface area contributed by atoms with E-state index in [1.807, 2.05) is 44.0 Å². The number of aryl methyl sites for hydroxylation is 2. The molecular formula is C29H40ClF2N7O2. The fourth-order valence-corrected chi connectivity index (χ4v) is 5.19. The van der Waals surface area contributed by atoms with Crippen molar-refractivity contribution < 1.29 is 18.4 Å². The summed E-state index contributed by atoms with van der Waals surface area (Å²) in [6.07, 6.45) is -1.94. The lowest BCUT2D eigenvalue weighted by Gasteiger charge is -2.28. The van der Waals surface area contributed by atoms with Crippen LogP contribution < -0.4 is 15.5 Å². The number of rotatable bonds is 13. The lowest BCUT2D eigenvalue weighted by Crippen LogP contribution is -2.47. The molecule has 2 heterocycles. The van der Waals surface area contributed by atoms with Crippen LogP contribution in [0.1, 0.15) is 36.2 Å². The number of carbonyl (C=O) groups is 2. The van der Waals surface area contributed by atoms with Gasteiger partial charge in [0.1, 0.15) is 6.54 Å². The van der Waals surface area contributed by atoms with Crippen LogP contribution in [0.15, 0.2) is 36.4 Å². The number of fused-ring (bicyclic) bond motifs is 2. The summed E-state index contributed by atoms with van der Waals surface area (Å²) in [7, 11) is 1.75. The summed E-state index contributed by atoms with van der Waals surface area (Å²) in [6.45, 7) is 8.45. The molecule has 41 heavy (non-hydrogen) atoms. The zero-order valence-corrected chi connectivity index (χ0v) is 24.9. The Morgan fingerprint density at radius 3 is 2.32 bits per heavy atom. The number of nitrogens with one attached hydrogen (secondary N) is 2. The van der Waals surface area contributed by atoms with Crippen LogP contribution in [0, 0.1) is 6.92 Å². The van der Waals surface area contributed by atoms with E-state index in [0.717, 1.165) is 23.2 Å². The second kappa shape index (κ2) is 14.7. The van der Waals surface area contributed by atoms with E-state index >= 15 is 0 Å². The molecule has 4 rings (SSSR count). The van der Waals surface area contributed by atoms with Gasteiger partial charge in [0.05, 0.1) is 18.6 Å². The molecule has 1 aromatic heterocycles. The zero-order chi connectivity index (χ0) is 28.8. The average Bonchev–Trinajstić information content (AvgIpc) is 3.50. The van der Waals surface area contributed by atoms with Crippen molar-refractivity contribution in [2.75, 3.05) is 44.7 Å². The minimum atomic E-state index is -2.51. The number of anilines is 1. The predicted molar refractivity (Wildman–Crippen MR) is 159 cm³/mol. The van der Waals surface area contributed by atoms with Gasteiger partial charge in [-0.25, -0.2) is 13.8 Å². The van der Waals surface area contributed by atoms with Gasteiger partial charge in [-0.3, -0.25) is 24.6 Å². The first-order valence-electron chi connectivity index (χ1n) is 13.8. The summed E-state index contributed by atoms with van der Waals surface area (Å²) in [5.74, 6) is -0.318. The molecule has 0 aliphatic carbocycles. The molecule has 12 heteroatoms. The lowest BCUT2D eigenvalue weighted by molar-refractivity contribution is -0.145. The van der Waals surface area contributed by atoms with Crippen molar-refractivity contribution in [2.24, 2.45) is 0 Å². The van der Waals surface area contributed by atoms with Crippen LogP contribution >= 0.6 is 12.4 Å². The summed E-state index contributed by atoms with van der Waals surface area (Å²) in [5, 5.41) is 15.1. The molecule has 9 nitrogen and oxygen atoms in total. The highest BCUT2D eigenvalue weighted by molar-refractivity contribution is 5.98. The van der Waals surface area contributed by atoms with Gasteiger partial charge >= 0.3 is 0 Å². The van der Waals surface area contributed by atoms with Gasteiger partial charge < -0.3 is 10.2 Å². The Kier molecular flexibility index (Phi) is 11.6. The summed E-state index contributed by atoms with van der Waals surface area (Å²) in [4.78, 5) is 28.0. The number of hydrogen-bond donors (Lipinski definition) is 2. The first-order valence-corrected chi connectivity index (χ1v) is 13.8. The molecule has 1 aliphatic heterocycles. The van der Waals surface area contributed by atoms with Crippen molar-refractivity contribution in [3.63, 3.8) is 0 Å². The Bertz CT molecular complexity index is 1330. The maximum absolute atomic E-state index is 13.4. The number of hydrogen-bond acceptors (Lipinski definition) is 6. The van der Waals surface area contributed by atoms with E-state index in [-0.39, 0.29) is 37.3 Å². The molecule has 0 radical (unpaired) electrons. The molecule has 2 N–H and O–H groups in total. The highest BCUT2D eigenvalue weighted by Gasteiger charge is 2.25. The van der Waals surface area contributed by atoms with Gasteiger partial charge in [0, 0.05) is 50.0 Å². The summed E-state index contributed by atoms with van der Waals surface area (Å²) in [6, 6.07) is 11.9. The number of aromatic nitrogens is 2. The number of amides is 2. The van der Waals surface area contributed by atoms with Crippen molar-refractivity contribution in [1.29, 1.82) is 0 Å². The molecule has 0 bridgehead atoms. The van der Waals surface area contributed by atoms with Crippen molar-refractivity contribution in [3.8, 4) is 0 Å². The molecular weight excluding hydrogens is 552 g/mol. The highest BCUT2D eigenvalue weighted by atomic mass is 35.5. The van der Waals surface area contributed by atoms with Gasteiger partial charge in [-0.15, -0.1) is 12.4 Å². The number of likely N-dealkylation sites (N-methyl/N-ethyl adjacent to an activating group) is 2. The number of halogens is 3. The molecule has 0 saturated carbocycles. The quantitative estimate of drug-likeness (QED) is 0.296. The monoisotopic (exact) mass is 591 g/mol. The third kappa shape index (κ3) is 7.59. The maximum atomic E-state index is 13.4. The zero-order valence-electron chi connectivity index (χ0n) is 24.1. The Morgan fingerprint density at radius 2 is 1.71 bits per heavy atom. The fraction of sp³-hybridized carbons (Fsp3) is 0.483. The molecule has 0 saturated heterocycles. The normalized spacial score (nSPS) is 13.0. The molecule has 1 aliphatic rings. The van der Waals surface area contributed by atoms with E-state index in [9.17, 15) is 18.4 Å². The van der Waals surface area contributed by atoms with Crippen LogP contribution in [0.3, 0.4) is 0 Å². The molecule has 224 valence electrons. The topological polar surface area (TPSA) is 85.7 Å². The van der Waals surface area contributed by atoms with E-state index in [4.69, 9.17) is 0 Å². The Labute approximate surface area is 246 Å². The van der Waals surface area contributed by atoms with Gasteiger partial charge in [0.2, 0.25) is 5.91 Å². The van der Waals surface area contributed by atoms with Crippen molar-refractivity contribution >= 4 is 40.8 Å². The van der Waals surface area contributed by atoms with Gasteiger partial charge in [-0.2, -0.15) is 5.10 Å². The van der Waals surface area contributed by atoms with Crippen molar-refractivity contribution in [3.05, 3.63) is 58.8 Å². The van der Waals surface area contributed by atoms with E-state index in [0.29, 0.717) is 43.8 Å². The third-order valence-electron chi connectivity index (χ3n) is 7.33. The lowest BCUT2D eigenvalue weighted by atomic mass is 10.1. The number of hydrazine groups is 1. The van der Waals surface area contributed by atoms with Gasteiger partial charge in [-0.05, 0) is 48.7 Å². The Balaban J connectivity index is 0.00000462. The highest BCUT2D eigenvalue weighted by Crippen LogP contribution is 2.29. The molecule has 0 spiro atoms. The third-order valence-corrected chi connectivity index (χ3v) is 7.33. The van der Waals surface area contributed by atoms with Gasteiger partial charge in [-0.1, -0.05) is 38.1 Å². The summed E-state index contributed by atoms with van der Waals surface area (Å²) >= 11 is 0. The fourth-order valence-electron chi connectivity index (χ4n) is 5.19. The number of alkyl halides is 2. The predicted octanol–water partition coefficient (Wildman–Crippen LogP) is 3.52. The second-order valence-corrected chi connectivity index (χ2v) is 10.0. The van der Waals surface area contributed by atoms with E-state index in [1.54, 1.807) is 23.0 Å². The van der Waals surface area contributed by atoms with Crippen LogP contribution in [0.2, 0.25) is 0 Å². The van der Waals surface area contributed by atoms with Crippen LogP contribution in [-0.4, -0.2) is 77.8 Å². The number of carbonyl (C=O) groups excluding carboxylic acids is 2. The molecule has 0 unspecified atom stereocenters. The minimum absolute atomic E-state index is 0. The standard InChI is InChI=1S/C29H39F2N7O2.ClH/c1-5-25-23-13-20(3)26(14-24(23)34-38(25)19-27(30)31)37(12-11-32-6-2)29(40)16-33-15-28(39)35(4)36-17-21-9-7-8-10-22(21)18-36;/h7-10,13-14,27,32-33H,5-6,11-12,15-19H2,1-4H3;1H. The summed E-state index contributed by atoms with van der Waals surface area (Å²) < 4.78 is 27.7. The van der Waals surface area contributed by atoms with Crippen molar-refractivity contribution in [2.45, 2.75) is 53.3 Å². The van der Waals surface area contributed by atoms with E-state index in [2.05, 4.69) is 27.9 Å². The largest absolute Gasteiger partial charge is 0.315 e. The first kappa shape index (κ1) is 32.4. The smallest absolute Gasteiger partial charge is 0.257 e. The van der Waals surface area contributed by atoms with Gasteiger partial charge in [0.25, 0.3) is 12.3 Å². The van der Waals surface area contributed by atoms with Crippen molar-refractivity contribution in [1.82, 2.24) is 30.4 Å². The average molecular weight is 592 g/mol. The molecule has 3 aromatic rings. The first-order chi connectivity index (χ1) is 19.2. The van der Waals surface area contributed by atoms with Crippen LogP contribution in [0.25, 0.3) is 10.9 Å². The molecule has 0 atom stereocenters. The molecule has 0 fully saturated rings. The van der Waals surface area contributed by atoms with Gasteiger partial charge in [0.15, 0.2) is 0 Å². The second-order valence-electron chi connectivity index (χ2n) is 10.0. The number of benzene rings is 2.